The van der Waals surface area contributed by atoms with Crippen LogP contribution in [0.4, 0.5) is 0 Å². The number of methoxy groups -OCH3 is 1. The molecule has 0 bridgehead atoms. The topological polar surface area (TPSA) is 35.2 Å². The Bertz CT molecular complexity index is 504. The second kappa shape index (κ2) is 6.70. The van der Waals surface area contributed by atoms with Crippen LogP contribution < -0.4 is 10.5 Å². The van der Waals surface area contributed by atoms with Gasteiger partial charge in [-0.05, 0) is 42.9 Å². The number of hydrogen-bond donors (Lipinski definition) is 1. The van der Waals surface area contributed by atoms with Crippen molar-refractivity contribution in [3.05, 3.63) is 27.2 Å². The molecule has 0 radical (unpaired) electrons. The molecular weight excluding hydrogens is 326 g/mol. The maximum Gasteiger partial charge on any atom is 0.126 e. The summed E-state index contributed by atoms with van der Waals surface area (Å²) >= 11 is 3.75. The van der Waals surface area contributed by atoms with E-state index in [0.29, 0.717) is 12.5 Å². The molecule has 1 aliphatic rings. The summed E-state index contributed by atoms with van der Waals surface area (Å²) in [6, 6.07) is 2.22. The Labute approximate surface area is 137 Å². The first-order valence-electron chi connectivity index (χ1n) is 8.04. The largest absolute Gasteiger partial charge is 0.496 e. The van der Waals surface area contributed by atoms with E-state index in [1.807, 2.05) is 0 Å². The summed E-state index contributed by atoms with van der Waals surface area (Å²) in [7, 11) is 1.80. The first-order chi connectivity index (χ1) is 9.96. The third kappa shape index (κ3) is 3.00. The van der Waals surface area contributed by atoms with Gasteiger partial charge in [-0.1, -0.05) is 49.0 Å². The van der Waals surface area contributed by atoms with Crippen molar-refractivity contribution in [2.75, 3.05) is 13.7 Å². The van der Waals surface area contributed by atoms with Gasteiger partial charge < -0.3 is 10.5 Å². The Morgan fingerprint density at radius 3 is 2.38 bits per heavy atom. The minimum absolute atomic E-state index is 0.0844. The van der Waals surface area contributed by atoms with Crippen molar-refractivity contribution < 1.29 is 4.74 Å². The van der Waals surface area contributed by atoms with Crippen LogP contribution in [0, 0.1) is 6.92 Å². The quantitative estimate of drug-likeness (QED) is 0.821. The summed E-state index contributed by atoms with van der Waals surface area (Å²) in [5.74, 6) is 1.51. The van der Waals surface area contributed by atoms with Crippen LogP contribution in [0.15, 0.2) is 10.5 Å². The Morgan fingerprint density at radius 1 is 1.29 bits per heavy atom. The monoisotopic (exact) mass is 353 g/mol. The molecule has 0 heterocycles. The zero-order valence-electron chi connectivity index (χ0n) is 13.8. The number of rotatable bonds is 4. The molecule has 1 aliphatic carbocycles. The summed E-state index contributed by atoms with van der Waals surface area (Å²) in [6.07, 6.45) is 6.21. The van der Waals surface area contributed by atoms with Crippen molar-refractivity contribution in [2.24, 2.45) is 5.73 Å². The summed E-state index contributed by atoms with van der Waals surface area (Å²) in [5, 5.41) is 0. The minimum atomic E-state index is 0.0844. The predicted octanol–water partition coefficient (Wildman–Crippen LogP) is 5.05. The van der Waals surface area contributed by atoms with E-state index in [4.69, 9.17) is 10.5 Å². The van der Waals surface area contributed by atoms with Crippen LogP contribution >= 0.6 is 15.9 Å². The highest BCUT2D eigenvalue weighted by atomic mass is 79.9. The first kappa shape index (κ1) is 16.8. The number of ether oxygens (including phenoxy) is 1. The standard InChI is InChI=1S/C18H28BrNO/c1-12(2)14-10-15(19)13(3)16(17(14)21-4)18(11-20)8-6-5-7-9-18/h10,12H,5-9,11,20H2,1-4H3. The highest BCUT2D eigenvalue weighted by Gasteiger charge is 2.37. The van der Waals surface area contributed by atoms with Crippen molar-refractivity contribution in [1.82, 2.24) is 0 Å². The average molecular weight is 354 g/mol. The summed E-state index contributed by atoms with van der Waals surface area (Å²) < 4.78 is 7.06. The van der Waals surface area contributed by atoms with Crippen molar-refractivity contribution in [3.8, 4) is 5.75 Å². The van der Waals surface area contributed by atoms with E-state index in [1.54, 1.807) is 7.11 Å². The second-order valence-electron chi connectivity index (χ2n) is 6.68. The van der Waals surface area contributed by atoms with Gasteiger partial charge in [0.05, 0.1) is 7.11 Å². The SMILES string of the molecule is COc1c(C(C)C)cc(Br)c(C)c1C1(CN)CCCCC1. The fourth-order valence-electron chi connectivity index (χ4n) is 3.82. The molecule has 118 valence electrons. The molecule has 1 aromatic rings. The fraction of sp³-hybridized carbons (Fsp3) is 0.667. The molecular formula is C18H28BrNO. The molecule has 0 unspecified atom stereocenters. The van der Waals surface area contributed by atoms with E-state index in [-0.39, 0.29) is 5.41 Å². The number of nitrogens with two attached hydrogens (primary N) is 1. The van der Waals surface area contributed by atoms with Gasteiger partial charge in [-0.3, -0.25) is 0 Å². The van der Waals surface area contributed by atoms with Crippen LogP contribution in [-0.4, -0.2) is 13.7 Å². The van der Waals surface area contributed by atoms with Gasteiger partial charge in [-0.15, -0.1) is 0 Å². The Kier molecular flexibility index (Phi) is 5.37. The summed E-state index contributed by atoms with van der Waals surface area (Å²) in [4.78, 5) is 0. The molecule has 1 saturated carbocycles. The van der Waals surface area contributed by atoms with Gasteiger partial charge >= 0.3 is 0 Å². The Hall–Kier alpha value is -0.540. The molecule has 0 aromatic heterocycles. The lowest BCUT2D eigenvalue weighted by Crippen LogP contribution is -2.38. The molecule has 21 heavy (non-hydrogen) atoms. The Balaban J connectivity index is 2.70. The van der Waals surface area contributed by atoms with E-state index in [0.717, 1.165) is 5.75 Å². The van der Waals surface area contributed by atoms with Gasteiger partial charge in [0, 0.05) is 22.0 Å². The van der Waals surface area contributed by atoms with Crippen LogP contribution in [0.5, 0.6) is 5.75 Å². The molecule has 2 nitrogen and oxygen atoms in total. The molecule has 2 rings (SSSR count). The van der Waals surface area contributed by atoms with E-state index in [9.17, 15) is 0 Å². The van der Waals surface area contributed by atoms with E-state index >= 15 is 0 Å². The average Bonchev–Trinajstić information content (AvgIpc) is 2.49. The van der Waals surface area contributed by atoms with Crippen LogP contribution in [0.3, 0.4) is 0 Å². The Morgan fingerprint density at radius 2 is 1.90 bits per heavy atom. The highest BCUT2D eigenvalue weighted by Crippen LogP contribution is 2.48. The van der Waals surface area contributed by atoms with Crippen molar-refractivity contribution in [2.45, 2.75) is 64.2 Å². The van der Waals surface area contributed by atoms with Gasteiger partial charge in [0.2, 0.25) is 0 Å². The molecule has 2 N–H and O–H groups in total. The fourth-order valence-corrected chi connectivity index (χ4v) is 4.26. The van der Waals surface area contributed by atoms with Gasteiger partial charge in [0.15, 0.2) is 0 Å². The highest BCUT2D eigenvalue weighted by molar-refractivity contribution is 9.10. The smallest absolute Gasteiger partial charge is 0.126 e. The van der Waals surface area contributed by atoms with E-state index in [2.05, 4.69) is 42.8 Å². The van der Waals surface area contributed by atoms with E-state index in [1.165, 1.54) is 53.3 Å². The predicted molar refractivity (Wildman–Crippen MR) is 93.3 cm³/mol. The first-order valence-corrected chi connectivity index (χ1v) is 8.83. The van der Waals surface area contributed by atoms with Crippen molar-refractivity contribution >= 4 is 15.9 Å². The normalized spacial score (nSPS) is 18.0. The lowest BCUT2D eigenvalue weighted by molar-refractivity contribution is 0.285. The molecule has 0 atom stereocenters. The molecule has 3 heteroatoms. The van der Waals surface area contributed by atoms with Crippen LogP contribution in [-0.2, 0) is 5.41 Å². The van der Waals surface area contributed by atoms with Crippen LogP contribution in [0.25, 0.3) is 0 Å². The molecule has 0 saturated heterocycles. The van der Waals surface area contributed by atoms with Gasteiger partial charge in [0.25, 0.3) is 0 Å². The lowest BCUT2D eigenvalue weighted by Gasteiger charge is -2.39. The molecule has 0 amide bonds. The maximum atomic E-state index is 6.27. The van der Waals surface area contributed by atoms with E-state index < -0.39 is 0 Å². The molecule has 0 aliphatic heterocycles. The van der Waals surface area contributed by atoms with Crippen LogP contribution in [0.1, 0.15) is 68.6 Å². The number of benzene rings is 1. The van der Waals surface area contributed by atoms with Crippen molar-refractivity contribution in [3.63, 3.8) is 0 Å². The van der Waals surface area contributed by atoms with Crippen LogP contribution in [0.2, 0.25) is 0 Å². The van der Waals surface area contributed by atoms with Gasteiger partial charge in [-0.2, -0.15) is 0 Å². The zero-order chi connectivity index (χ0) is 15.6. The third-order valence-electron chi connectivity index (χ3n) is 5.06. The summed E-state index contributed by atoms with van der Waals surface area (Å²) in [6.45, 7) is 7.34. The molecule has 1 fully saturated rings. The van der Waals surface area contributed by atoms with Crippen molar-refractivity contribution in [1.29, 1.82) is 0 Å². The second-order valence-corrected chi connectivity index (χ2v) is 7.54. The number of hydrogen-bond acceptors (Lipinski definition) is 2. The minimum Gasteiger partial charge on any atom is -0.496 e. The number of halogens is 1. The summed E-state index contributed by atoms with van der Waals surface area (Å²) in [5.41, 5.74) is 10.3. The maximum absolute atomic E-state index is 6.27. The van der Waals surface area contributed by atoms with Gasteiger partial charge in [0.1, 0.15) is 5.75 Å². The van der Waals surface area contributed by atoms with Gasteiger partial charge in [-0.25, -0.2) is 0 Å². The third-order valence-corrected chi connectivity index (χ3v) is 5.89. The zero-order valence-corrected chi connectivity index (χ0v) is 15.3. The molecule has 1 aromatic carbocycles. The lowest BCUT2D eigenvalue weighted by atomic mass is 9.67. The molecule has 0 spiro atoms.